The van der Waals surface area contributed by atoms with E-state index in [-0.39, 0.29) is 28.7 Å². The highest BCUT2D eigenvalue weighted by molar-refractivity contribution is 7.89. The van der Waals surface area contributed by atoms with Crippen molar-refractivity contribution in [3.05, 3.63) is 54.4 Å². The van der Waals surface area contributed by atoms with Crippen LogP contribution in [-0.2, 0) is 14.8 Å². The van der Waals surface area contributed by atoms with E-state index in [9.17, 15) is 13.2 Å². The zero-order valence-corrected chi connectivity index (χ0v) is 19.9. The van der Waals surface area contributed by atoms with Crippen LogP contribution in [0.25, 0.3) is 11.0 Å². The molecular weight excluding hydrogens is 440 g/mol. The van der Waals surface area contributed by atoms with Gasteiger partial charge < -0.3 is 15.0 Å². The average Bonchev–Trinajstić information content (AvgIpc) is 3.26. The Morgan fingerprint density at radius 1 is 1.12 bits per heavy atom. The van der Waals surface area contributed by atoms with E-state index >= 15 is 0 Å². The van der Waals surface area contributed by atoms with Crippen LogP contribution in [0.3, 0.4) is 0 Å². The van der Waals surface area contributed by atoms with E-state index in [1.54, 1.807) is 24.3 Å². The Hall–Kier alpha value is -2.91. The van der Waals surface area contributed by atoms with Crippen molar-refractivity contribution >= 4 is 27.0 Å². The number of aromatic nitrogens is 2. The van der Waals surface area contributed by atoms with Crippen LogP contribution in [0.4, 0.5) is 0 Å². The number of fused-ring (bicyclic) bond motifs is 1. The summed E-state index contributed by atoms with van der Waals surface area (Å²) in [7, 11) is -2.06. The number of benzene rings is 2. The van der Waals surface area contributed by atoms with Gasteiger partial charge in [-0.2, -0.15) is 4.31 Å². The molecule has 1 aliphatic rings. The maximum Gasteiger partial charge on any atom is 0.243 e. The highest BCUT2D eigenvalue weighted by Gasteiger charge is 2.33. The number of amides is 1. The minimum absolute atomic E-state index is 0.0596. The lowest BCUT2D eigenvalue weighted by molar-refractivity contribution is -0.127. The predicted molar refractivity (Wildman–Crippen MR) is 126 cm³/mol. The van der Waals surface area contributed by atoms with Crippen LogP contribution in [0.15, 0.2) is 53.4 Å². The van der Waals surface area contributed by atoms with Gasteiger partial charge in [0, 0.05) is 19.0 Å². The molecule has 0 unspecified atom stereocenters. The van der Waals surface area contributed by atoms with E-state index in [0.29, 0.717) is 31.7 Å². The molecule has 0 spiro atoms. The Labute approximate surface area is 194 Å². The molecular formula is C24H30N4O4S. The first kappa shape index (κ1) is 23.3. The number of methoxy groups -OCH3 is 1. The number of hydrogen-bond acceptors (Lipinski definition) is 5. The molecule has 1 aliphatic heterocycles. The van der Waals surface area contributed by atoms with E-state index in [0.717, 1.165) is 16.9 Å². The van der Waals surface area contributed by atoms with Gasteiger partial charge in [-0.05, 0) is 55.2 Å². The van der Waals surface area contributed by atoms with Crippen LogP contribution in [0.1, 0.15) is 38.6 Å². The monoisotopic (exact) mass is 470 g/mol. The van der Waals surface area contributed by atoms with Crippen LogP contribution in [0, 0.1) is 11.8 Å². The Morgan fingerprint density at radius 3 is 2.39 bits per heavy atom. The maximum absolute atomic E-state index is 13.1. The fraction of sp³-hybridized carbons (Fsp3) is 0.417. The molecule has 1 fully saturated rings. The topological polar surface area (TPSA) is 104 Å². The van der Waals surface area contributed by atoms with E-state index in [2.05, 4.69) is 15.3 Å². The number of H-pyrrole nitrogens is 1. The van der Waals surface area contributed by atoms with Crippen LogP contribution >= 0.6 is 0 Å². The van der Waals surface area contributed by atoms with Crippen LogP contribution in [0.2, 0.25) is 0 Å². The van der Waals surface area contributed by atoms with E-state index in [1.807, 2.05) is 38.1 Å². The van der Waals surface area contributed by atoms with Gasteiger partial charge in [0.2, 0.25) is 15.9 Å². The quantitative estimate of drug-likeness (QED) is 0.550. The average molecular weight is 471 g/mol. The highest BCUT2D eigenvalue weighted by Crippen LogP contribution is 2.27. The number of hydrogen-bond donors (Lipinski definition) is 2. The normalized spacial score (nSPS) is 16.7. The van der Waals surface area contributed by atoms with Gasteiger partial charge in [0.15, 0.2) is 0 Å². The second-order valence-corrected chi connectivity index (χ2v) is 10.7. The van der Waals surface area contributed by atoms with Crippen LogP contribution in [-0.4, -0.2) is 48.8 Å². The van der Waals surface area contributed by atoms with Crippen LogP contribution in [0.5, 0.6) is 5.75 Å². The van der Waals surface area contributed by atoms with Crippen molar-refractivity contribution in [2.75, 3.05) is 20.2 Å². The van der Waals surface area contributed by atoms with Crippen molar-refractivity contribution in [1.29, 1.82) is 0 Å². The summed E-state index contributed by atoms with van der Waals surface area (Å²) in [6.07, 6.45) is 0.957. The lowest BCUT2D eigenvalue weighted by atomic mass is 9.95. The van der Waals surface area contributed by atoms with Crippen LogP contribution < -0.4 is 10.1 Å². The lowest BCUT2D eigenvalue weighted by Gasteiger charge is -2.31. The summed E-state index contributed by atoms with van der Waals surface area (Å²) in [5, 5.41) is 3.15. The molecule has 2 heterocycles. The molecule has 0 aliphatic carbocycles. The SMILES string of the molecule is COc1ccc(S(=O)(=O)N2CCC(C(=O)N[C@@H](c3nc4ccccc4[nH]3)C(C)C)CC2)cc1. The molecule has 33 heavy (non-hydrogen) atoms. The number of aromatic amines is 1. The third-order valence-corrected chi connectivity index (χ3v) is 8.10. The number of rotatable bonds is 7. The molecule has 0 saturated carbocycles. The first-order valence-corrected chi connectivity index (χ1v) is 12.6. The minimum atomic E-state index is -3.60. The van der Waals surface area contributed by atoms with Gasteiger partial charge in [0.1, 0.15) is 11.6 Å². The molecule has 176 valence electrons. The summed E-state index contributed by atoms with van der Waals surface area (Å²) < 4.78 is 32.5. The Balaban J connectivity index is 1.40. The third kappa shape index (κ3) is 4.89. The number of para-hydroxylation sites is 2. The smallest absolute Gasteiger partial charge is 0.243 e. The number of nitrogens with zero attached hydrogens (tertiary/aromatic N) is 2. The van der Waals surface area contributed by atoms with Crippen molar-refractivity contribution in [2.45, 2.75) is 37.6 Å². The van der Waals surface area contributed by atoms with Crippen molar-refractivity contribution in [3.63, 3.8) is 0 Å². The Bertz CT molecular complexity index is 1180. The second kappa shape index (κ2) is 9.52. The van der Waals surface area contributed by atoms with Gasteiger partial charge in [-0.25, -0.2) is 13.4 Å². The molecule has 1 amide bonds. The van der Waals surface area contributed by atoms with Gasteiger partial charge >= 0.3 is 0 Å². The second-order valence-electron chi connectivity index (χ2n) is 8.72. The Morgan fingerprint density at radius 2 is 1.79 bits per heavy atom. The van der Waals surface area contributed by atoms with Crippen molar-refractivity contribution in [1.82, 2.24) is 19.6 Å². The Kier molecular flexibility index (Phi) is 6.71. The number of sulfonamides is 1. The summed E-state index contributed by atoms with van der Waals surface area (Å²) in [6.45, 7) is 4.71. The first-order valence-electron chi connectivity index (χ1n) is 11.2. The summed E-state index contributed by atoms with van der Waals surface area (Å²) in [4.78, 5) is 21.3. The van der Waals surface area contributed by atoms with Gasteiger partial charge in [0.05, 0.1) is 29.1 Å². The molecule has 2 N–H and O–H groups in total. The highest BCUT2D eigenvalue weighted by atomic mass is 32.2. The van der Waals surface area contributed by atoms with Gasteiger partial charge in [-0.15, -0.1) is 0 Å². The molecule has 0 bridgehead atoms. The third-order valence-electron chi connectivity index (χ3n) is 6.19. The largest absolute Gasteiger partial charge is 0.497 e. The van der Waals surface area contributed by atoms with Crippen molar-refractivity contribution in [2.24, 2.45) is 11.8 Å². The fourth-order valence-corrected chi connectivity index (χ4v) is 5.67. The van der Waals surface area contributed by atoms with Crippen molar-refractivity contribution < 1.29 is 17.9 Å². The van der Waals surface area contributed by atoms with Gasteiger partial charge in [-0.1, -0.05) is 26.0 Å². The molecule has 0 radical (unpaired) electrons. The number of carbonyl (C=O) groups is 1. The van der Waals surface area contributed by atoms with Crippen molar-refractivity contribution in [3.8, 4) is 5.75 Å². The zero-order valence-electron chi connectivity index (χ0n) is 19.1. The minimum Gasteiger partial charge on any atom is -0.497 e. The molecule has 1 atom stereocenters. The van der Waals surface area contributed by atoms with E-state index in [4.69, 9.17) is 4.74 Å². The predicted octanol–water partition coefficient (Wildman–Crippen LogP) is 3.49. The standard InChI is InChI=1S/C24H30N4O4S/c1-16(2)22(23-25-20-6-4-5-7-21(20)26-23)27-24(29)17-12-14-28(15-13-17)33(30,31)19-10-8-18(32-3)9-11-19/h4-11,16-17,22H,12-15H2,1-3H3,(H,25,26)(H,27,29)/t22-/m1/s1. The zero-order chi connectivity index (χ0) is 23.6. The van der Waals surface area contributed by atoms with Gasteiger partial charge in [0.25, 0.3) is 0 Å². The molecule has 1 saturated heterocycles. The maximum atomic E-state index is 13.1. The summed E-state index contributed by atoms with van der Waals surface area (Å²) in [5.41, 5.74) is 1.80. The number of nitrogens with one attached hydrogen (secondary N) is 2. The van der Waals surface area contributed by atoms with Gasteiger partial charge in [-0.3, -0.25) is 4.79 Å². The van der Waals surface area contributed by atoms with E-state index < -0.39 is 10.0 Å². The number of ether oxygens (including phenoxy) is 1. The molecule has 4 rings (SSSR count). The lowest BCUT2D eigenvalue weighted by Crippen LogP contribution is -2.44. The fourth-order valence-electron chi connectivity index (χ4n) is 4.20. The van der Waals surface area contributed by atoms with E-state index in [1.165, 1.54) is 11.4 Å². The summed E-state index contributed by atoms with van der Waals surface area (Å²) >= 11 is 0. The first-order chi connectivity index (χ1) is 15.8. The molecule has 1 aromatic heterocycles. The molecule has 9 heteroatoms. The number of piperidine rings is 1. The molecule has 3 aromatic rings. The summed E-state index contributed by atoms with van der Waals surface area (Å²) in [5.74, 6) is 1.19. The molecule has 8 nitrogen and oxygen atoms in total. The molecule has 2 aromatic carbocycles. The summed E-state index contributed by atoms with van der Waals surface area (Å²) in [6, 6.07) is 13.9. The number of carbonyl (C=O) groups excluding carboxylic acids is 1. The number of imidazole rings is 1.